The standard InChI is InChI=1S/C14H9Br2FO2/c1-19-13-7-12(17)11(16)6-9(13)14(18)8-4-2-3-5-10(8)15/h2-7H,1H3. The van der Waals surface area contributed by atoms with E-state index in [-0.39, 0.29) is 16.0 Å². The van der Waals surface area contributed by atoms with Crippen LogP contribution in [0.25, 0.3) is 0 Å². The van der Waals surface area contributed by atoms with Crippen LogP contribution in [0.15, 0.2) is 45.3 Å². The molecule has 0 saturated heterocycles. The number of carbonyl (C=O) groups excluding carboxylic acids is 1. The second-order valence-corrected chi connectivity index (χ2v) is 5.48. The summed E-state index contributed by atoms with van der Waals surface area (Å²) in [6.45, 7) is 0. The Balaban J connectivity index is 2.56. The lowest BCUT2D eigenvalue weighted by molar-refractivity contribution is 0.103. The second-order valence-electron chi connectivity index (χ2n) is 3.78. The minimum Gasteiger partial charge on any atom is -0.496 e. The van der Waals surface area contributed by atoms with Crippen molar-refractivity contribution in [1.82, 2.24) is 0 Å². The highest BCUT2D eigenvalue weighted by molar-refractivity contribution is 9.10. The van der Waals surface area contributed by atoms with E-state index in [2.05, 4.69) is 31.9 Å². The summed E-state index contributed by atoms with van der Waals surface area (Å²) in [7, 11) is 1.40. The van der Waals surface area contributed by atoms with E-state index in [0.717, 1.165) is 0 Å². The van der Waals surface area contributed by atoms with Gasteiger partial charge in [-0.3, -0.25) is 4.79 Å². The highest BCUT2D eigenvalue weighted by Crippen LogP contribution is 2.30. The van der Waals surface area contributed by atoms with Crippen LogP contribution in [0, 0.1) is 5.82 Å². The van der Waals surface area contributed by atoms with Crippen molar-refractivity contribution < 1.29 is 13.9 Å². The minimum absolute atomic E-state index is 0.210. The summed E-state index contributed by atoms with van der Waals surface area (Å²) < 4.78 is 19.4. The number of halogens is 3. The van der Waals surface area contributed by atoms with Gasteiger partial charge in [0.15, 0.2) is 5.78 Å². The molecule has 2 nitrogen and oxygen atoms in total. The molecule has 0 atom stereocenters. The lowest BCUT2D eigenvalue weighted by atomic mass is 10.0. The maximum Gasteiger partial charge on any atom is 0.197 e. The fourth-order valence-electron chi connectivity index (χ4n) is 1.67. The first-order valence-corrected chi connectivity index (χ1v) is 6.95. The number of carbonyl (C=O) groups is 1. The summed E-state index contributed by atoms with van der Waals surface area (Å²) in [6, 6.07) is 9.67. The fraction of sp³-hybridized carbons (Fsp3) is 0.0714. The SMILES string of the molecule is COc1cc(F)c(Br)cc1C(=O)c1ccccc1Br. The molecule has 0 fully saturated rings. The van der Waals surface area contributed by atoms with Crippen molar-refractivity contribution in [2.75, 3.05) is 7.11 Å². The van der Waals surface area contributed by atoms with Crippen LogP contribution in [-0.2, 0) is 0 Å². The predicted molar refractivity (Wildman–Crippen MR) is 78.2 cm³/mol. The molecule has 0 aliphatic carbocycles. The monoisotopic (exact) mass is 386 g/mol. The number of rotatable bonds is 3. The average Bonchev–Trinajstić information content (AvgIpc) is 2.41. The van der Waals surface area contributed by atoms with Gasteiger partial charge in [-0.05, 0) is 34.1 Å². The Labute approximate surface area is 126 Å². The molecule has 0 N–H and O–H groups in total. The molecule has 2 aromatic rings. The van der Waals surface area contributed by atoms with Gasteiger partial charge in [-0.1, -0.05) is 28.1 Å². The van der Waals surface area contributed by atoms with Gasteiger partial charge >= 0.3 is 0 Å². The number of benzene rings is 2. The van der Waals surface area contributed by atoms with Gasteiger partial charge in [0, 0.05) is 16.1 Å². The molecule has 0 amide bonds. The average molecular weight is 388 g/mol. The van der Waals surface area contributed by atoms with Crippen molar-refractivity contribution in [3.05, 3.63) is 62.3 Å². The Morgan fingerprint density at radius 1 is 1.11 bits per heavy atom. The van der Waals surface area contributed by atoms with Gasteiger partial charge < -0.3 is 4.74 Å². The highest BCUT2D eigenvalue weighted by Gasteiger charge is 2.19. The number of ketones is 1. The van der Waals surface area contributed by atoms with Gasteiger partial charge in [0.05, 0.1) is 17.1 Å². The van der Waals surface area contributed by atoms with Crippen molar-refractivity contribution in [3.63, 3.8) is 0 Å². The molecule has 98 valence electrons. The molecule has 0 spiro atoms. The van der Waals surface area contributed by atoms with Crippen molar-refractivity contribution >= 4 is 37.6 Å². The lowest BCUT2D eigenvalue weighted by Gasteiger charge is -2.10. The van der Waals surface area contributed by atoms with Crippen LogP contribution in [-0.4, -0.2) is 12.9 Å². The van der Waals surface area contributed by atoms with Gasteiger partial charge in [0.1, 0.15) is 11.6 Å². The second kappa shape index (κ2) is 5.84. The van der Waals surface area contributed by atoms with E-state index in [9.17, 15) is 9.18 Å². The van der Waals surface area contributed by atoms with Crippen LogP contribution in [0.3, 0.4) is 0 Å². The van der Waals surface area contributed by atoms with Crippen LogP contribution in [0.1, 0.15) is 15.9 Å². The van der Waals surface area contributed by atoms with Crippen molar-refractivity contribution in [2.45, 2.75) is 0 Å². The van der Waals surface area contributed by atoms with E-state index < -0.39 is 5.82 Å². The molecule has 0 radical (unpaired) electrons. The van der Waals surface area contributed by atoms with Gasteiger partial charge in [0.25, 0.3) is 0 Å². The van der Waals surface area contributed by atoms with Crippen molar-refractivity contribution in [2.24, 2.45) is 0 Å². The molecule has 2 rings (SSSR count). The van der Waals surface area contributed by atoms with E-state index in [1.165, 1.54) is 19.2 Å². The molecule has 0 aliphatic rings. The molecular formula is C14H9Br2FO2. The molecule has 2 aromatic carbocycles. The third kappa shape index (κ3) is 2.87. The van der Waals surface area contributed by atoms with E-state index in [1.54, 1.807) is 18.2 Å². The number of hydrogen-bond acceptors (Lipinski definition) is 2. The fourth-order valence-corrected chi connectivity index (χ4v) is 2.47. The first kappa shape index (κ1) is 14.2. The number of methoxy groups -OCH3 is 1. The van der Waals surface area contributed by atoms with E-state index in [1.807, 2.05) is 6.07 Å². The maximum absolute atomic E-state index is 13.4. The van der Waals surface area contributed by atoms with Gasteiger partial charge in [-0.2, -0.15) is 0 Å². The molecule has 0 aromatic heterocycles. The van der Waals surface area contributed by atoms with Gasteiger partial charge in [-0.25, -0.2) is 4.39 Å². The largest absolute Gasteiger partial charge is 0.496 e. The Morgan fingerprint density at radius 2 is 1.79 bits per heavy atom. The predicted octanol–water partition coefficient (Wildman–Crippen LogP) is 4.59. The van der Waals surface area contributed by atoms with Crippen LogP contribution in [0.4, 0.5) is 4.39 Å². The summed E-state index contributed by atoms with van der Waals surface area (Å²) >= 11 is 6.40. The number of ether oxygens (including phenoxy) is 1. The number of hydrogen-bond donors (Lipinski definition) is 0. The van der Waals surface area contributed by atoms with Crippen LogP contribution < -0.4 is 4.74 Å². The third-order valence-corrected chi connectivity index (χ3v) is 3.90. The van der Waals surface area contributed by atoms with Crippen LogP contribution in [0.5, 0.6) is 5.75 Å². The zero-order valence-electron chi connectivity index (χ0n) is 9.91. The van der Waals surface area contributed by atoms with Gasteiger partial charge in [0.2, 0.25) is 0 Å². The third-order valence-electron chi connectivity index (χ3n) is 2.61. The van der Waals surface area contributed by atoms with Crippen LogP contribution >= 0.6 is 31.9 Å². The molecule has 0 saturated carbocycles. The quantitative estimate of drug-likeness (QED) is 0.720. The smallest absolute Gasteiger partial charge is 0.197 e. The summed E-state index contributed by atoms with van der Waals surface area (Å²) in [5.41, 5.74) is 0.807. The molecular weight excluding hydrogens is 379 g/mol. The Morgan fingerprint density at radius 3 is 2.42 bits per heavy atom. The summed E-state index contributed by atoms with van der Waals surface area (Å²) in [5.74, 6) is -0.494. The lowest BCUT2D eigenvalue weighted by Crippen LogP contribution is -2.05. The van der Waals surface area contributed by atoms with Gasteiger partial charge in [-0.15, -0.1) is 0 Å². The molecule has 19 heavy (non-hydrogen) atoms. The zero-order chi connectivity index (χ0) is 14.0. The normalized spacial score (nSPS) is 10.3. The van der Waals surface area contributed by atoms with E-state index >= 15 is 0 Å². The van der Waals surface area contributed by atoms with Crippen molar-refractivity contribution in [1.29, 1.82) is 0 Å². The van der Waals surface area contributed by atoms with Crippen LogP contribution in [0.2, 0.25) is 0 Å². The summed E-state index contributed by atoms with van der Waals surface area (Å²) in [4.78, 5) is 12.5. The molecule has 0 unspecified atom stereocenters. The molecule has 0 aliphatic heterocycles. The zero-order valence-corrected chi connectivity index (χ0v) is 13.1. The Hall–Kier alpha value is -1.20. The van der Waals surface area contributed by atoms with E-state index in [0.29, 0.717) is 15.6 Å². The Kier molecular flexibility index (Phi) is 4.37. The molecule has 5 heteroatoms. The highest BCUT2D eigenvalue weighted by atomic mass is 79.9. The Bertz CT molecular complexity index is 641. The van der Waals surface area contributed by atoms with Crippen molar-refractivity contribution in [3.8, 4) is 5.75 Å². The maximum atomic E-state index is 13.4. The summed E-state index contributed by atoms with van der Waals surface area (Å²) in [6.07, 6.45) is 0. The topological polar surface area (TPSA) is 26.3 Å². The molecule has 0 heterocycles. The minimum atomic E-state index is -0.472. The molecule has 0 bridgehead atoms. The summed E-state index contributed by atoms with van der Waals surface area (Å²) in [5, 5.41) is 0. The first-order chi connectivity index (χ1) is 9.04. The first-order valence-electron chi connectivity index (χ1n) is 5.37. The van der Waals surface area contributed by atoms with E-state index in [4.69, 9.17) is 4.74 Å².